The Morgan fingerprint density at radius 2 is 2.00 bits per heavy atom. The Hall–Kier alpha value is -2.74. The summed E-state index contributed by atoms with van der Waals surface area (Å²) < 4.78 is 26.7. The van der Waals surface area contributed by atoms with Gasteiger partial charge in [-0.3, -0.25) is 4.79 Å². The number of benzene rings is 1. The van der Waals surface area contributed by atoms with Crippen molar-refractivity contribution in [3.05, 3.63) is 64.9 Å². The monoisotopic (exact) mass is 346 g/mol. The zero-order valence-electron chi connectivity index (χ0n) is 12.5. The molecule has 0 unspecified atom stereocenters. The van der Waals surface area contributed by atoms with E-state index in [0.29, 0.717) is 10.8 Å². The molecule has 3 rings (SSSR count). The highest BCUT2D eigenvalue weighted by atomic mass is 32.1. The highest BCUT2D eigenvalue weighted by Crippen LogP contribution is 2.21. The molecule has 0 aliphatic carbocycles. The largest absolute Gasteiger partial charge is 0.344 e. The summed E-state index contributed by atoms with van der Waals surface area (Å²) in [6.45, 7) is 1.61. The van der Waals surface area contributed by atoms with E-state index < -0.39 is 23.6 Å². The number of nitrogens with one attached hydrogen (secondary N) is 1. The summed E-state index contributed by atoms with van der Waals surface area (Å²) in [5.41, 5.74) is 0.392. The molecule has 2 aromatic heterocycles. The number of aromatic nitrogens is 3. The minimum absolute atomic E-state index is 0.192. The van der Waals surface area contributed by atoms with Crippen molar-refractivity contribution < 1.29 is 13.6 Å². The van der Waals surface area contributed by atoms with E-state index in [1.807, 2.05) is 0 Å². The van der Waals surface area contributed by atoms with Gasteiger partial charge in [-0.1, -0.05) is 6.07 Å². The van der Waals surface area contributed by atoms with E-state index in [1.54, 1.807) is 30.8 Å². The van der Waals surface area contributed by atoms with Gasteiger partial charge in [0.15, 0.2) is 10.8 Å². The van der Waals surface area contributed by atoms with Gasteiger partial charge in [0.25, 0.3) is 5.91 Å². The van der Waals surface area contributed by atoms with Crippen molar-refractivity contribution in [2.75, 3.05) is 0 Å². The van der Waals surface area contributed by atoms with Crippen molar-refractivity contribution in [2.45, 2.75) is 13.0 Å². The summed E-state index contributed by atoms with van der Waals surface area (Å²) in [6, 6.07) is 4.29. The van der Waals surface area contributed by atoms with Crippen LogP contribution in [0.25, 0.3) is 10.8 Å². The quantitative estimate of drug-likeness (QED) is 0.786. The fourth-order valence-electron chi connectivity index (χ4n) is 2.09. The van der Waals surface area contributed by atoms with Crippen LogP contribution in [0.1, 0.15) is 29.0 Å². The molecule has 0 bridgehead atoms. The fourth-order valence-corrected chi connectivity index (χ4v) is 2.84. The summed E-state index contributed by atoms with van der Waals surface area (Å²) in [5, 5.41) is 4.73. The molecule has 0 fully saturated rings. The molecule has 1 atom stereocenters. The lowest BCUT2D eigenvalue weighted by atomic mass is 10.1. The standard InChI is InChI=1S/C16H12F2N4OS/c1-9(11-4-3-10(17)7-12(11)18)21-15(23)13-8-24-16(22-13)14-19-5-2-6-20-14/h2-9H,1H3,(H,21,23)/t9-/m1/s1. The van der Waals surface area contributed by atoms with Gasteiger partial charge in [0.2, 0.25) is 0 Å². The van der Waals surface area contributed by atoms with E-state index in [2.05, 4.69) is 20.3 Å². The summed E-state index contributed by atoms with van der Waals surface area (Å²) in [4.78, 5) is 24.6. The zero-order valence-corrected chi connectivity index (χ0v) is 13.3. The Kier molecular flexibility index (Phi) is 4.57. The third kappa shape index (κ3) is 3.43. The molecule has 0 radical (unpaired) electrons. The highest BCUT2D eigenvalue weighted by Gasteiger charge is 2.18. The van der Waals surface area contributed by atoms with E-state index in [4.69, 9.17) is 0 Å². The second-order valence-corrected chi connectivity index (χ2v) is 5.83. The molecule has 1 aromatic carbocycles. The van der Waals surface area contributed by atoms with Gasteiger partial charge in [-0.15, -0.1) is 11.3 Å². The molecule has 2 heterocycles. The Morgan fingerprint density at radius 1 is 1.25 bits per heavy atom. The van der Waals surface area contributed by atoms with Gasteiger partial charge < -0.3 is 5.32 Å². The molecule has 8 heteroatoms. The highest BCUT2D eigenvalue weighted by molar-refractivity contribution is 7.13. The van der Waals surface area contributed by atoms with Crippen LogP contribution in [-0.4, -0.2) is 20.9 Å². The van der Waals surface area contributed by atoms with Crippen LogP contribution in [0.4, 0.5) is 8.78 Å². The fraction of sp³-hybridized carbons (Fsp3) is 0.125. The molecule has 1 N–H and O–H groups in total. The first-order chi connectivity index (χ1) is 11.5. The van der Waals surface area contributed by atoms with Crippen LogP contribution in [0.2, 0.25) is 0 Å². The smallest absolute Gasteiger partial charge is 0.271 e. The Morgan fingerprint density at radius 3 is 2.71 bits per heavy atom. The Bertz CT molecular complexity index is 870. The van der Waals surface area contributed by atoms with Crippen LogP contribution >= 0.6 is 11.3 Å². The molecule has 0 aliphatic rings. The van der Waals surface area contributed by atoms with Gasteiger partial charge in [0, 0.05) is 29.4 Å². The van der Waals surface area contributed by atoms with E-state index in [0.717, 1.165) is 12.1 Å². The Balaban J connectivity index is 1.74. The SMILES string of the molecule is C[C@@H](NC(=O)c1csc(-c2ncccn2)n1)c1ccc(F)cc1F. The molecular formula is C16H12F2N4OS. The minimum Gasteiger partial charge on any atom is -0.344 e. The van der Waals surface area contributed by atoms with E-state index in [9.17, 15) is 13.6 Å². The van der Waals surface area contributed by atoms with Gasteiger partial charge in [-0.25, -0.2) is 23.7 Å². The minimum atomic E-state index is -0.709. The Labute approximate surface area is 140 Å². The van der Waals surface area contributed by atoms with Crippen LogP contribution in [0.5, 0.6) is 0 Å². The van der Waals surface area contributed by atoms with Crippen molar-refractivity contribution in [2.24, 2.45) is 0 Å². The van der Waals surface area contributed by atoms with Crippen LogP contribution in [0.3, 0.4) is 0 Å². The van der Waals surface area contributed by atoms with Crippen molar-refractivity contribution in [3.8, 4) is 10.8 Å². The van der Waals surface area contributed by atoms with Gasteiger partial charge in [-0.05, 0) is 19.1 Å². The van der Waals surface area contributed by atoms with Crippen LogP contribution in [-0.2, 0) is 0 Å². The molecule has 0 aliphatic heterocycles. The lowest BCUT2D eigenvalue weighted by Gasteiger charge is -2.14. The lowest BCUT2D eigenvalue weighted by molar-refractivity contribution is 0.0935. The topological polar surface area (TPSA) is 67.8 Å². The van der Waals surface area contributed by atoms with Crippen LogP contribution < -0.4 is 5.32 Å². The zero-order chi connectivity index (χ0) is 17.1. The first-order valence-electron chi connectivity index (χ1n) is 7.03. The summed E-state index contributed by atoms with van der Waals surface area (Å²) in [5.74, 6) is -1.40. The number of hydrogen-bond donors (Lipinski definition) is 1. The summed E-state index contributed by atoms with van der Waals surface area (Å²) in [7, 11) is 0. The normalized spacial score (nSPS) is 12.0. The summed E-state index contributed by atoms with van der Waals surface area (Å²) >= 11 is 1.24. The second kappa shape index (κ2) is 6.79. The first kappa shape index (κ1) is 16.1. The van der Waals surface area contributed by atoms with Gasteiger partial charge >= 0.3 is 0 Å². The molecule has 3 aromatic rings. The molecule has 122 valence electrons. The third-order valence-corrected chi connectivity index (χ3v) is 4.11. The van der Waals surface area contributed by atoms with Gasteiger partial charge in [0.1, 0.15) is 17.3 Å². The van der Waals surface area contributed by atoms with Gasteiger partial charge in [-0.2, -0.15) is 0 Å². The number of rotatable bonds is 4. The van der Waals surface area contributed by atoms with Crippen LogP contribution in [0.15, 0.2) is 42.0 Å². The maximum Gasteiger partial charge on any atom is 0.271 e. The second-order valence-electron chi connectivity index (χ2n) is 4.97. The van der Waals surface area contributed by atoms with Crippen molar-refractivity contribution in [3.63, 3.8) is 0 Å². The lowest BCUT2D eigenvalue weighted by Crippen LogP contribution is -2.27. The van der Waals surface area contributed by atoms with Crippen molar-refractivity contribution in [1.29, 1.82) is 0 Å². The maximum absolute atomic E-state index is 13.8. The van der Waals surface area contributed by atoms with Crippen molar-refractivity contribution >= 4 is 17.2 Å². The molecule has 0 spiro atoms. The van der Waals surface area contributed by atoms with Crippen molar-refractivity contribution in [1.82, 2.24) is 20.3 Å². The number of carbonyl (C=O) groups excluding carboxylic acids is 1. The number of amides is 1. The predicted octanol–water partition coefficient (Wildman–Crippen LogP) is 3.37. The first-order valence-corrected chi connectivity index (χ1v) is 7.91. The number of thiazole rings is 1. The summed E-state index contributed by atoms with van der Waals surface area (Å²) in [6.07, 6.45) is 3.17. The number of nitrogens with zero attached hydrogens (tertiary/aromatic N) is 3. The average molecular weight is 346 g/mol. The average Bonchev–Trinajstić information content (AvgIpc) is 3.05. The van der Waals surface area contributed by atoms with E-state index >= 15 is 0 Å². The predicted molar refractivity (Wildman–Crippen MR) is 85.4 cm³/mol. The van der Waals surface area contributed by atoms with E-state index in [1.165, 1.54) is 17.4 Å². The van der Waals surface area contributed by atoms with Gasteiger partial charge in [0.05, 0.1) is 6.04 Å². The number of hydrogen-bond acceptors (Lipinski definition) is 5. The maximum atomic E-state index is 13.8. The molecule has 0 saturated carbocycles. The number of carbonyl (C=O) groups is 1. The molecule has 1 amide bonds. The molecule has 0 saturated heterocycles. The third-order valence-electron chi connectivity index (χ3n) is 3.27. The molecule has 24 heavy (non-hydrogen) atoms. The molecular weight excluding hydrogens is 334 g/mol. The van der Waals surface area contributed by atoms with Crippen LogP contribution in [0, 0.1) is 11.6 Å². The number of halogens is 2. The van der Waals surface area contributed by atoms with E-state index in [-0.39, 0.29) is 11.3 Å². The molecule has 5 nitrogen and oxygen atoms in total.